The second kappa shape index (κ2) is 9.47. The molecule has 6 heteroatoms. The van der Waals surface area contributed by atoms with E-state index in [9.17, 15) is 9.59 Å². The first kappa shape index (κ1) is 20.7. The number of amides is 2. The molecule has 0 saturated carbocycles. The van der Waals surface area contributed by atoms with Gasteiger partial charge in [0.2, 0.25) is 11.8 Å². The second-order valence-corrected chi connectivity index (χ2v) is 9.00. The molecule has 1 aromatic carbocycles. The molecule has 4 rings (SSSR count). The Morgan fingerprint density at radius 3 is 3.00 bits per heavy atom. The van der Waals surface area contributed by atoms with Crippen LogP contribution in [0.5, 0.6) is 0 Å². The third-order valence-corrected chi connectivity index (χ3v) is 6.88. The molecule has 0 saturated heterocycles. The van der Waals surface area contributed by atoms with Crippen LogP contribution in [-0.4, -0.2) is 34.3 Å². The summed E-state index contributed by atoms with van der Waals surface area (Å²) in [5, 5.41) is 6.33. The first-order valence-corrected chi connectivity index (χ1v) is 11.7. The fourth-order valence-electron chi connectivity index (χ4n) is 4.25. The van der Waals surface area contributed by atoms with E-state index < -0.39 is 6.04 Å². The zero-order chi connectivity index (χ0) is 20.9. The highest BCUT2D eigenvalue weighted by atomic mass is 32.1. The zero-order valence-corrected chi connectivity index (χ0v) is 18.3. The number of rotatable bonds is 8. The lowest BCUT2D eigenvalue weighted by molar-refractivity contribution is -0.137. The van der Waals surface area contributed by atoms with Crippen molar-refractivity contribution in [3.05, 3.63) is 57.9 Å². The molecule has 0 spiro atoms. The Kier molecular flexibility index (Phi) is 6.53. The van der Waals surface area contributed by atoms with E-state index in [2.05, 4.69) is 40.8 Å². The molecular formula is C24H29N3O2S. The van der Waals surface area contributed by atoms with Crippen molar-refractivity contribution in [2.45, 2.75) is 58.0 Å². The normalized spacial score (nSPS) is 14.5. The lowest BCUT2D eigenvalue weighted by Crippen LogP contribution is -2.49. The van der Waals surface area contributed by atoms with E-state index in [-0.39, 0.29) is 11.8 Å². The minimum absolute atomic E-state index is 0.0325. The largest absolute Gasteiger partial charge is 0.361 e. The zero-order valence-electron chi connectivity index (χ0n) is 17.4. The molecule has 158 valence electrons. The van der Waals surface area contributed by atoms with Crippen molar-refractivity contribution in [2.75, 3.05) is 6.54 Å². The second-order valence-electron chi connectivity index (χ2n) is 8.00. The number of aryl methyl sites for hydroxylation is 1. The van der Waals surface area contributed by atoms with Gasteiger partial charge in [0.05, 0.1) is 0 Å². The predicted molar refractivity (Wildman–Crippen MR) is 122 cm³/mol. The highest BCUT2D eigenvalue weighted by Gasteiger charge is 2.28. The highest BCUT2D eigenvalue weighted by molar-refractivity contribution is 7.10. The Hall–Kier alpha value is -2.60. The van der Waals surface area contributed by atoms with E-state index in [0.29, 0.717) is 19.4 Å². The molecule has 1 aliphatic rings. The Morgan fingerprint density at radius 1 is 1.27 bits per heavy atom. The number of thiophene rings is 1. The number of aromatic nitrogens is 1. The minimum atomic E-state index is -0.421. The molecule has 0 bridgehead atoms. The van der Waals surface area contributed by atoms with Gasteiger partial charge in [0.25, 0.3) is 0 Å². The molecule has 3 aromatic rings. The van der Waals surface area contributed by atoms with Crippen LogP contribution >= 0.6 is 11.3 Å². The quantitative estimate of drug-likeness (QED) is 0.563. The molecule has 1 atom stereocenters. The van der Waals surface area contributed by atoms with Crippen molar-refractivity contribution in [1.82, 2.24) is 15.2 Å². The first-order chi connectivity index (χ1) is 14.7. The molecule has 1 unspecified atom stereocenters. The van der Waals surface area contributed by atoms with Crippen LogP contribution in [0, 0.1) is 0 Å². The van der Waals surface area contributed by atoms with Crippen molar-refractivity contribution in [2.24, 2.45) is 0 Å². The number of fused-ring (bicyclic) bond motifs is 2. The predicted octanol–water partition coefficient (Wildman–Crippen LogP) is 4.42. The molecule has 2 aromatic heterocycles. The van der Waals surface area contributed by atoms with Crippen molar-refractivity contribution < 1.29 is 9.59 Å². The lowest BCUT2D eigenvalue weighted by Gasteiger charge is -2.31. The van der Waals surface area contributed by atoms with Crippen LogP contribution in [0.4, 0.5) is 0 Å². The maximum Gasteiger partial charge on any atom is 0.245 e. The van der Waals surface area contributed by atoms with Crippen molar-refractivity contribution in [3.8, 4) is 0 Å². The molecule has 2 N–H and O–H groups in total. The van der Waals surface area contributed by atoms with Gasteiger partial charge >= 0.3 is 0 Å². The summed E-state index contributed by atoms with van der Waals surface area (Å²) in [7, 11) is 0. The SMILES string of the molecule is CCCC(NC(=O)CCCc1c[nH]c2ccccc12)C(=O)N1CCc2sccc2C1. The molecular weight excluding hydrogens is 394 g/mol. The smallest absolute Gasteiger partial charge is 0.245 e. The number of nitrogens with one attached hydrogen (secondary N) is 2. The van der Waals surface area contributed by atoms with Crippen LogP contribution in [0.1, 0.15) is 48.6 Å². The number of nitrogens with zero attached hydrogens (tertiary/aromatic N) is 1. The van der Waals surface area contributed by atoms with Gasteiger partial charge in [-0.25, -0.2) is 0 Å². The number of aromatic amines is 1. The van der Waals surface area contributed by atoms with Gasteiger partial charge < -0.3 is 15.2 Å². The van der Waals surface area contributed by atoms with Gasteiger partial charge in [-0.15, -0.1) is 11.3 Å². The van der Waals surface area contributed by atoms with Crippen molar-refractivity contribution in [3.63, 3.8) is 0 Å². The third kappa shape index (κ3) is 4.59. The number of hydrogen-bond acceptors (Lipinski definition) is 3. The summed E-state index contributed by atoms with van der Waals surface area (Å²) >= 11 is 1.77. The van der Waals surface area contributed by atoms with E-state index in [0.717, 1.165) is 37.7 Å². The van der Waals surface area contributed by atoms with Crippen LogP contribution in [0.3, 0.4) is 0 Å². The maximum atomic E-state index is 13.1. The summed E-state index contributed by atoms with van der Waals surface area (Å²) in [5.41, 5.74) is 3.61. The van der Waals surface area contributed by atoms with Gasteiger partial charge in [-0.2, -0.15) is 0 Å². The van der Waals surface area contributed by atoms with Crippen LogP contribution in [-0.2, 0) is 29.0 Å². The minimum Gasteiger partial charge on any atom is -0.361 e. The molecule has 2 amide bonds. The van der Waals surface area contributed by atoms with Crippen LogP contribution in [0.15, 0.2) is 41.9 Å². The van der Waals surface area contributed by atoms with E-state index >= 15 is 0 Å². The number of benzene rings is 1. The van der Waals surface area contributed by atoms with Crippen LogP contribution in [0.2, 0.25) is 0 Å². The van der Waals surface area contributed by atoms with Crippen molar-refractivity contribution in [1.29, 1.82) is 0 Å². The number of carbonyl (C=O) groups excluding carboxylic acids is 2. The van der Waals surface area contributed by atoms with Gasteiger partial charge in [-0.1, -0.05) is 31.5 Å². The Bertz CT molecular complexity index is 1020. The summed E-state index contributed by atoms with van der Waals surface area (Å²) in [5.74, 6) is 0.0218. The lowest BCUT2D eigenvalue weighted by atomic mass is 10.0. The van der Waals surface area contributed by atoms with E-state index in [1.54, 1.807) is 11.3 Å². The van der Waals surface area contributed by atoms with Gasteiger partial charge in [0.1, 0.15) is 6.04 Å². The molecule has 3 heterocycles. The third-order valence-electron chi connectivity index (χ3n) is 5.85. The first-order valence-electron chi connectivity index (χ1n) is 10.8. The molecule has 0 fully saturated rings. The Morgan fingerprint density at radius 2 is 2.13 bits per heavy atom. The fourth-order valence-corrected chi connectivity index (χ4v) is 5.14. The summed E-state index contributed by atoms with van der Waals surface area (Å²) in [4.78, 5) is 32.2. The van der Waals surface area contributed by atoms with Gasteiger partial charge in [-0.05, 0) is 54.3 Å². The maximum absolute atomic E-state index is 13.1. The van der Waals surface area contributed by atoms with E-state index in [4.69, 9.17) is 0 Å². The Balaban J connectivity index is 1.30. The van der Waals surface area contributed by atoms with E-state index in [1.807, 2.05) is 23.2 Å². The van der Waals surface area contributed by atoms with Gasteiger partial charge in [-0.3, -0.25) is 9.59 Å². The number of carbonyl (C=O) groups is 2. The van der Waals surface area contributed by atoms with E-state index in [1.165, 1.54) is 21.4 Å². The number of para-hydroxylation sites is 1. The summed E-state index contributed by atoms with van der Waals surface area (Å²) in [6.07, 6.45) is 6.53. The van der Waals surface area contributed by atoms with Gasteiger partial charge in [0, 0.05) is 41.5 Å². The fraction of sp³-hybridized carbons (Fsp3) is 0.417. The number of hydrogen-bond donors (Lipinski definition) is 2. The summed E-state index contributed by atoms with van der Waals surface area (Å²) in [6, 6.07) is 9.91. The monoisotopic (exact) mass is 423 g/mol. The molecule has 1 aliphatic heterocycles. The van der Waals surface area contributed by atoms with Gasteiger partial charge in [0.15, 0.2) is 0 Å². The Labute approximate surface area is 181 Å². The summed E-state index contributed by atoms with van der Waals surface area (Å²) in [6.45, 7) is 3.45. The van der Waals surface area contributed by atoms with Crippen LogP contribution < -0.4 is 5.32 Å². The summed E-state index contributed by atoms with van der Waals surface area (Å²) < 4.78 is 0. The average Bonchev–Trinajstić information content (AvgIpc) is 3.39. The molecule has 5 nitrogen and oxygen atoms in total. The number of H-pyrrole nitrogens is 1. The molecule has 30 heavy (non-hydrogen) atoms. The molecule has 0 aliphatic carbocycles. The standard InChI is InChI=1S/C24H29N3O2S/c1-2-6-21(24(29)27-13-11-22-18(16-27)12-14-30-22)26-23(28)10-5-7-17-15-25-20-9-4-3-8-19(17)20/h3-4,8-9,12,14-15,21,25H,2,5-7,10-11,13,16H2,1H3,(H,26,28). The highest BCUT2D eigenvalue weighted by Crippen LogP contribution is 2.25. The van der Waals surface area contributed by atoms with Crippen molar-refractivity contribution >= 4 is 34.1 Å². The molecule has 0 radical (unpaired) electrons. The van der Waals surface area contributed by atoms with Crippen LogP contribution in [0.25, 0.3) is 10.9 Å². The average molecular weight is 424 g/mol. The topological polar surface area (TPSA) is 65.2 Å².